The Labute approximate surface area is 180 Å². The second-order valence-corrected chi connectivity index (χ2v) is 6.83. The van der Waals surface area contributed by atoms with Crippen molar-refractivity contribution in [3.05, 3.63) is 42.0 Å². The lowest BCUT2D eigenvalue weighted by atomic mass is 10.1. The highest BCUT2D eigenvalue weighted by Crippen LogP contribution is 2.15. The molecule has 0 atom stereocenters. The van der Waals surface area contributed by atoms with Gasteiger partial charge in [-0.1, -0.05) is 24.3 Å². The lowest BCUT2D eigenvalue weighted by Gasteiger charge is -2.31. The molecule has 0 aromatic heterocycles. The molecule has 1 heterocycles. The van der Waals surface area contributed by atoms with E-state index in [1.54, 1.807) is 0 Å². The second-order valence-electron chi connectivity index (χ2n) is 6.83. The van der Waals surface area contributed by atoms with Gasteiger partial charge in [0, 0.05) is 32.3 Å². The van der Waals surface area contributed by atoms with E-state index in [0.29, 0.717) is 31.7 Å². The number of aliphatic imine (C=N–C) groups is 1. The summed E-state index contributed by atoms with van der Waals surface area (Å²) in [5.74, 6) is 1.30. The van der Waals surface area contributed by atoms with E-state index in [-0.39, 0.29) is 24.0 Å². The van der Waals surface area contributed by atoms with Gasteiger partial charge in [0.1, 0.15) is 12.4 Å². The van der Waals surface area contributed by atoms with E-state index in [4.69, 9.17) is 15.2 Å². The standard InChI is InChI=1S/C20H32N4O2.HI/c1-16(2)14-22-20(21)23-15-17-5-4-6-19(13-17)26-12-9-24(3)18-7-10-25-11-8-18;/h4-6,13,18H,1,7-12,14-15H2,2-3H3,(H3,21,22,23);1H. The van der Waals surface area contributed by atoms with Gasteiger partial charge in [0.2, 0.25) is 0 Å². The largest absolute Gasteiger partial charge is 0.492 e. The molecule has 1 aromatic carbocycles. The predicted molar refractivity (Wildman–Crippen MR) is 122 cm³/mol. The van der Waals surface area contributed by atoms with Crippen LogP contribution in [0.5, 0.6) is 5.75 Å². The first-order chi connectivity index (χ1) is 12.5. The fraction of sp³-hybridized carbons (Fsp3) is 0.550. The molecule has 6 nitrogen and oxygen atoms in total. The molecule has 1 saturated heterocycles. The van der Waals surface area contributed by atoms with Crippen molar-refractivity contribution in [1.82, 2.24) is 10.2 Å². The number of hydrogen-bond acceptors (Lipinski definition) is 4. The number of rotatable bonds is 9. The average molecular weight is 488 g/mol. The molecule has 1 aliphatic heterocycles. The molecule has 0 spiro atoms. The lowest BCUT2D eigenvalue weighted by molar-refractivity contribution is 0.0392. The van der Waals surface area contributed by atoms with E-state index >= 15 is 0 Å². The molecular weight excluding hydrogens is 455 g/mol. The van der Waals surface area contributed by atoms with Crippen LogP contribution in [0, 0.1) is 0 Å². The molecule has 0 bridgehead atoms. The number of nitrogens with two attached hydrogens (primary N) is 1. The lowest BCUT2D eigenvalue weighted by Crippen LogP contribution is -2.38. The van der Waals surface area contributed by atoms with Crippen LogP contribution in [-0.4, -0.2) is 56.9 Å². The summed E-state index contributed by atoms with van der Waals surface area (Å²) in [5, 5.41) is 3.03. The molecule has 7 heteroatoms. The summed E-state index contributed by atoms with van der Waals surface area (Å²) in [6.45, 7) is 10.2. The third kappa shape index (κ3) is 9.44. The Morgan fingerprint density at radius 1 is 1.41 bits per heavy atom. The van der Waals surface area contributed by atoms with Crippen molar-refractivity contribution in [1.29, 1.82) is 0 Å². The molecule has 27 heavy (non-hydrogen) atoms. The van der Waals surface area contributed by atoms with Crippen LogP contribution in [0.15, 0.2) is 41.4 Å². The van der Waals surface area contributed by atoms with E-state index in [1.807, 2.05) is 31.2 Å². The Morgan fingerprint density at radius 2 is 2.15 bits per heavy atom. The summed E-state index contributed by atoms with van der Waals surface area (Å²) in [6.07, 6.45) is 2.20. The van der Waals surface area contributed by atoms with E-state index < -0.39 is 0 Å². The van der Waals surface area contributed by atoms with Gasteiger partial charge >= 0.3 is 0 Å². The normalized spacial score (nSPS) is 15.3. The Kier molecular flexibility index (Phi) is 11.4. The quantitative estimate of drug-likeness (QED) is 0.242. The van der Waals surface area contributed by atoms with Crippen LogP contribution in [0.25, 0.3) is 0 Å². The van der Waals surface area contributed by atoms with E-state index in [0.717, 1.165) is 49.5 Å². The minimum Gasteiger partial charge on any atom is -0.492 e. The third-order valence-corrected chi connectivity index (χ3v) is 4.43. The highest BCUT2D eigenvalue weighted by atomic mass is 127. The zero-order valence-corrected chi connectivity index (χ0v) is 18.8. The topological polar surface area (TPSA) is 72.1 Å². The number of halogens is 1. The number of likely N-dealkylation sites (N-methyl/N-ethyl adjacent to an activating group) is 1. The maximum absolute atomic E-state index is 5.91. The van der Waals surface area contributed by atoms with Gasteiger partial charge in [0.05, 0.1) is 6.54 Å². The highest BCUT2D eigenvalue weighted by molar-refractivity contribution is 14.0. The number of guanidine groups is 1. The van der Waals surface area contributed by atoms with Crippen LogP contribution in [0.1, 0.15) is 25.3 Å². The molecule has 0 saturated carbocycles. The maximum atomic E-state index is 5.91. The van der Waals surface area contributed by atoms with Crippen molar-refractivity contribution in [2.24, 2.45) is 10.7 Å². The Morgan fingerprint density at radius 3 is 2.85 bits per heavy atom. The predicted octanol–water partition coefficient (Wildman–Crippen LogP) is 2.77. The van der Waals surface area contributed by atoms with Crippen molar-refractivity contribution in [2.45, 2.75) is 32.4 Å². The molecule has 1 aromatic rings. The van der Waals surface area contributed by atoms with Crippen molar-refractivity contribution >= 4 is 29.9 Å². The number of nitrogens with zero attached hydrogens (tertiary/aromatic N) is 2. The van der Waals surface area contributed by atoms with Crippen LogP contribution in [0.4, 0.5) is 0 Å². The van der Waals surface area contributed by atoms with Crippen LogP contribution >= 0.6 is 24.0 Å². The van der Waals surface area contributed by atoms with Crippen molar-refractivity contribution in [3.8, 4) is 5.75 Å². The first-order valence-corrected chi connectivity index (χ1v) is 9.22. The van der Waals surface area contributed by atoms with Gasteiger partial charge in [-0.25, -0.2) is 4.99 Å². The highest BCUT2D eigenvalue weighted by Gasteiger charge is 2.17. The Bertz CT molecular complexity index is 603. The molecule has 152 valence electrons. The zero-order chi connectivity index (χ0) is 18.8. The van der Waals surface area contributed by atoms with Gasteiger partial charge in [-0.05, 0) is 44.5 Å². The first kappa shape index (κ1) is 23.7. The first-order valence-electron chi connectivity index (χ1n) is 9.22. The minimum absolute atomic E-state index is 0. The summed E-state index contributed by atoms with van der Waals surface area (Å²) >= 11 is 0. The Hall–Kier alpha value is -1.32. The van der Waals surface area contributed by atoms with Gasteiger partial charge in [0.25, 0.3) is 0 Å². The molecule has 1 fully saturated rings. The number of ether oxygens (including phenoxy) is 2. The van der Waals surface area contributed by atoms with Gasteiger partial charge in [0.15, 0.2) is 5.96 Å². The van der Waals surface area contributed by atoms with Crippen LogP contribution in [0.3, 0.4) is 0 Å². The van der Waals surface area contributed by atoms with Crippen molar-refractivity contribution < 1.29 is 9.47 Å². The van der Waals surface area contributed by atoms with E-state index in [2.05, 4.69) is 28.8 Å². The zero-order valence-electron chi connectivity index (χ0n) is 16.4. The van der Waals surface area contributed by atoms with Crippen molar-refractivity contribution in [3.63, 3.8) is 0 Å². The van der Waals surface area contributed by atoms with Crippen LogP contribution in [0.2, 0.25) is 0 Å². The number of nitrogens with one attached hydrogen (secondary N) is 1. The number of hydrogen-bond donors (Lipinski definition) is 2. The molecule has 1 aliphatic rings. The monoisotopic (exact) mass is 488 g/mol. The fourth-order valence-corrected chi connectivity index (χ4v) is 2.82. The minimum atomic E-state index is 0. The summed E-state index contributed by atoms with van der Waals surface area (Å²) < 4.78 is 11.3. The fourth-order valence-electron chi connectivity index (χ4n) is 2.82. The van der Waals surface area contributed by atoms with E-state index in [9.17, 15) is 0 Å². The molecule has 0 aliphatic carbocycles. The third-order valence-electron chi connectivity index (χ3n) is 4.43. The van der Waals surface area contributed by atoms with Crippen molar-refractivity contribution in [2.75, 3.05) is 40.0 Å². The second kappa shape index (κ2) is 13.0. The average Bonchev–Trinajstić information content (AvgIpc) is 2.65. The van der Waals surface area contributed by atoms with E-state index in [1.165, 1.54) is 0 Å². The summed E-state index contributed by atoms with van der Waals surface area (Å²) in [7, 11) is 2.16. The van der Waals surface area contributed by atoms with Gasteiger partial charge in [-0.3, -0.25) is 4.90 Å². The maximum Gasteiger partial charge on any atom is 0.189 e. The SMILES string of the molecule is C=C(C)CNC(N)=NCc1cccc(OCCN(C)C2CCOCC2)c1.I. The summed E-state index contributed by atoms with van der Waals surface area (Å²) in [5.41, 5.74) is 7.93. The summed E-state index contributed by atoms with van der Waals surface area (Å²) in [4.78, 5) is 6.71. The van der Waals surface area contributed by atoms with Gasteiger partial charge in [-0.2, -0.15) is 0 Å². The molecular formula is C20H33IN4O2. The van der Waals surface area contributed by atoms with Gasteiger partial charge in [-0.15, -0.1) is 24.0 Å². The molecule has 0 amide bonds. The molecule has 0 unspecified atom stereocenters. The van der Waals surface area contributed by atoms with Crippen LogP contribution < -0.4 is 15.8 Å². The molecule has 3 N–H and O–H groups in total. The number of benzene rings is 1. The molecule has 0 radical (unpaired) electrons. The summed E-state index contributed by atoms with van der Waals surface area (Å²) in [6, 6.07) is 8.60. The smallest absolute Gasteiger partial charge is 0.189 e. The van der Waals surface area contributed by atoms with Crippen LogP contribution in [-0.2, 0) is 11.3 Å². The van der Waals surface area contributed by atoms with Gasteiger partial charge < -0.3 is 20.5 Å². The molecule has 2 rings (SSSR count). The Balaban J connectivity index is 0.00000364.